The third kappa shape index (κ3) is 10.8. The van der Waals surface area contributed by atoms with E-state index in [4.69, 9.17) is 9.47 Å². The molecule has 16 heavy (non-hydrogen) atoms. The van der Waals surface area contributed by atoms with E-state index in [1.807, 2.05) is 18.7 Å². The average Bonchev–Trinajstić information content (AvgIpc) is 2.22. The van der Waals surface area contributed by atoms with Crippen LogP contribution in [0.1, 0.15) is 47.0 Å². The molecule has 0 rings (SSSR count). The van der Waals surface area contributed by atoms with Crippen LogP contribution in [0.5, 0.6) is 0 Å². The lowest BCUT2D eigenvalue weighted by molar-refractivity contribution is 0.00920. The normalized spacial score (nSPS) is 12.0. The summed E-state index contributed by atoms with van der Waals surface area (Å²) in [4.78, 5) is 0. The largest absolute Gasteiger partial charge is 0.382 e. The van der Waals surface area contributed by atoms with Crippen LogP contribution in [0, 0.1) is 0 Å². The maximum atomic E-state index is 5.65. The fraction of sp³-hybridized carbons (Fsp3) is 1.00. The first-order chi connectivity index (χ1) is 7.62. The van der Waals surface area contributed by atoms with E-state index in [-0.39, 0.29) is 5.60 Å². The second-order valence-corrected chi connectivity index (χ2v) is 5.61. The van der Waals surface area contributed by atoms with Gasteiger partial charge >= 0.3 is 0 Å². The first kappa shape index (κ1) is 16.3. The Morgan fingerprint density at radius 1 is 1.00 bits per heavy atom. The Morgan fingerprint density at radius 2 is 1.75 bits per heavy atom. The van der Waals surface area contributed by atoms with Crippen LogP contribution in [0.3, 0.4) is 0 Å². The molecule has 0 aromatic carbocycles. The fourth-order valence-corrected chi connectivity index (χ4v) is 2.61. The van der Waals surface area contributed by atoms with Gasteiger partial charge in [-0.3, -0.25) is 0 Å². The van der Waals surface area contributed by atoms with Crippen molar-refractivity contribution in [2.75, 3.05) is 31.3 Å². The first-order valence-electron chi connectivity index (χ1n) is 6.42. The molecule has 0 aliphatic heterocycles. The van der Waals surface area contributed by atoms with Gasteiger partial charge in [0.2, 0.25) is 0 Å². The standard InChI is InChI=1S/C13H28O2S/c1-5-14-10-8-7-9-11-16-12-13(3,4)15-6-2/h5-12H2,1-4H3. The average molecular weight is 248 g/mol. The summed E-state index contributed by atoms with van der Waals surface area (Å²) in [5.74, 6) is 2.33. The van der Waals surface area contributed by atoms with Crippen molar-refractivity contribution in [3.05, 3.63) is 0 Å². The third-order valence-corrected chi connectivity index (χ3v) is 3.74. The Bertz CT molecular complexity index is 149. The molecule has 0 heterocycles. The van der Waals surface area contributed by atoms with Gasteiger partial charge in [0.15, 0.2) is 0 Å². The zero-order chi connectivity index (χ0) is 12.3. The molecule has 0 aliphatic carbocycles. The Hall–Kier alpha value is 0.270. The summed E-state index contributed by atoms with van der Waals surface area (Å²) >= 11 is 2.00. The zero-order valence-electron chi connectivity index (χ0n) is 11.4. The summed E-state index contributed by atoms with van der Waals surface area (Å²) in [6.07, 6.45) is 3.77. The second kappa shape index (κ2) is 10.4. The number of hydrogen-bond acceptors (Lipinski definition) is 3. The Labute approximate surface area is 105 Å². The van der Waals surface area contributed by atoms with Crippen LogP contribution < -0.4 is 0 Å². The number of rotatable bonds is 11. The van der Waals surface area contributed by atoms with Crippen LogP contribution >= 0.6 is 11.8 Å². The van der Waals surface area contributed by atoms with E-state index in [1.54, 1.807) is 0 Å². The highest BCUT2D eigenvalue weighted by molar-refractivity contribution is 7.99. The topological polar surface area (TPSA) is 18.5 Å². The monoisotopic (exact) mass is 248 g/mol. The molecule has 0 saturated heterocycles. The molecule has 0 atom stereocenters. The van der Waals surface area contributed by atoms with Crippen molar-refractivity contribution in [2.45, 2.75) is 52.6 Å². The highest BCUT2D eigenvalue weighted by Crippen LogP contribution is 2.18. The zero-order valence-corrected chi connectivity index (χ0v) is 12.2. The minimum Gasteiger partial charge on any atom is -0.382 e. The molecule has 0 aliphatic rings. The molecule has 0 spiro atoms. The van der Waals surface area contributed by atoms with Gasteiger partial charge in [-0.2, -0.15) is 11.8 Å². The molecule has 0 radical (unpaired) electrons. The SMILES string of the molecule is CCOCCCCCSCC(C)(C)OCC. The lowest BCUT2D eigenvalue weighted by Gasteiger charge is -2.24. The highest BCUT2D eigenvalue weighted by atomic mass is 32.2. The van der Waals surface area contributed by atoms with Crippen molar-refractivity contribution >= 4 is 11.8 Å². The van der Waals surface area contributed by atoms with Crippen molar-refractivity contribution in [1.29, 1.82) is 0 Å². The van der Waals surface area contributed by atoms with E-state index >= 15 is 0 Å². The summed E-state index contributed by atoms with van der Waals surface area (Å²) in [5, 5.41) is 0. The minimum absolute atomic E-state index is 0.0325. The van der Waals surface area contributed by atoms with Gasteiger partial charge in [-0.15, -0.1) is 0 Å². The summed E-state index contributed by atoms with van der Waals surface area (Å²) in [5.41, 5.74) is 0.0325. The minimum atomic E-state index is 0.0325. The van der Waals surface area contributed by atoms with E-state index in [0.29, 0.717) is 0 Å². The Balaban J connectivity index is 3.20. The van der Waals surface area contributed by atoms with Gasteiger partial charge < -0.3 is 9.47 Å². The van der Waals surface area contributed by atoms with Crippen LogP contribution in [0.25, 0.3) is 0 Å². The Kier molecular flexibility index (Phi) is 10.6. The molecule has 0 fully saturated rings. The maximum absolute atomic E-state index is 5.65. The summed E-state index contributed by atoms with van der Waals surface area (Å²) in [6.45, 7) is 11.0. The van der Waals surface area contributed by atoms with E-state index < -0.39 is 0 Å². The molecule has 0 bridgehead atoms. The Morgan fingerprint density at radius 3 is 2.38 bits per heavy atom. The van der Waals surface area contributed by atoms with Gasteiger partial charge in [-0.05, 0) is 46.3 Å². The van der Waals surface area contributed by atoms with Gasteiger partial charge in [0.25, 0.3) is 0 Å². The maximum Gasteiger partial charge on any atom is 0.0716 e. The smallest absolute Gasteiger partial charge is 0.0716 e. The molecule has 98 valence electrons. The molecule has 0 aromatic rings. The number of hydrogen-bond donors (Lipinski definition) is 0. The number of thioether (sulfide) groups is 1. The van der Waals surface area contributed by atoms with Gasteiger partial charge in [-0.1, -0.05) is 6.42 Å². The van der Waals surface area contributed by atoms with E-state index in [2.05, 4.69) is 20.8 Å². The van der Waals surface area contributed by atoms with Gasteiger partial charge in [0.1, 0.15) is 0 Å². The summed E-state index contributed by atoms with van der Waals surface area (Å²) in [6, 6.07) is 0. The molecule has 0 unspecified atom stereocenters. The molecular formula is C13H28O2S. The van der Waals surface area contributed by atoms with Gasteiger partial charge in [0, 0.05) is 25.6 Å². The highest BCUT2D eigenvalue weighted by Gasteiger charge is 2.16. The van der Waals surface area contributed by atoms with Crippen molar-refractivity contribution < 1.29 is 9.47 Å². The van der Waals surface area contributed by atoms with Crippen molar-refractivity contribution in [2.24, 2.45) is 0 Å². The molecule has 3 heteroatoms. The van der Waals surface area contributed by atoms with Gasteiger partial charge in [0.05, 0.1) is 5.60 Å². The predicted molar refractivity (Wildman–Crippen MR) is 73.4 cm³/mol. The van der Waals surface area contributed by atoms with Crippen LogP contribution in [0.15, 0.2) is 0 Å². The van der Waals surface area contributed by atoms with Crippen LogP contribution in [-0.4, -0.2) is 36.9 Å². The molecule has 0 N–H and O–H groups in total. The van der Waals surface area contributed by atoms with E-state index in [0.717, 1.165) is 25.6 Å². The quantitative estimate of drug-likeness (QED) is 0.519. The summed E-state index contributed by atoms with van der Waals surface area (Å²) in [7, 11) is 0. The predicted octanol–water partition coefficient (Wildman–Crippen LogP) is 3.74. The summed E-state index contributed by atoms with van der Waals surface area (Å²) < 4.78 is 10.9. The molecule has 0 aromatic heterocycles. The number of ether oxygens (including phenoxy) is 2. The molecule has 2 nitrogen and oxygen atoms in total. The lowest BCUT2D eigenvalue weighted by Crippen LogP contribution is -2.27. The fourth-order valence-electron chi connectivity index (χ4n) is 1.48. The first-order valence-corrected chi connectivity index (χ1v) is 7.57. The third-order valence-electron chi connectivity index (χ3n) is 2.27. The van der Waals surface area contributed by atoms with E-state index in [1.165, 1.54) is 25.0 Å². The molecular weight excluding hydrogens is 220 g/mol. The van der Waals surface area contributed by atoms with Crippen molar-refractivity contribution in [3.8, 4) is 0 Å². The molecule has 0 amide bonds. The lowest BCUT2D eigenvalue weighted by atomic mass is 10.2. The van der Waals surface area contributed by atoms with E-state index in [9.17, 15) is 0 Å². The molecule has 0 saturated carbocycles. The second-order valence-electron chi connectivity index (χ2n) is 4.50. The van der Waals surface area contributed by atoms with Crippen LogP contribution in [-0.2, 0) is 9.47 Å². The van der Waals surface area contributed by atoms with Crippen LogP contribution in [0.4, 0.5) is 0 Å². The van der Waals surface area contributed by atoms with Crippen molar-refractivity contribution in [3.63, 3.8) is 0 Å². The number of unbranched alkanes of at least 4 members (excludes halogenated alkanes) is 2. The van der Waals surface area contributed by atoms with Crippen molar-refractivity contribution in [1.82, 2.24) is 0 Å². The van der Waals surface area contributed by atoms with Crippen LogP contribution in [0.2, 0.25) is 0 Å². The van der Waals surface area contributed by atoms with Gasteiger partial charge in [-0.25, -0.2) is 0 Å².